The highest BCUT2D eigenvalue weighted by Gasteiger charge is 2.32. The molecule has 0 spiro atoms. The molecule has 2 aromatic rings. The first kappa shape index (κ1) is 12.3. The van der Waals surface area contributed by atoms with Gasteiger partial charge < -0.3 is 10.3 Å². The van der Waals surface area contributed by atoms with Gasteiger partial charge in [0.15, 0.2) is 0 Å². The Morgan fingerprint density at radius 2 is 2.05 bits per heavy atom. The molecule has 2 N–H and O–H groups in total. The van der Waals surface area contributed by atoms with Gasteiger partial charge in [-0.25, -0.2) is 4.98 Å². The lowest BCUT2D eigenvalue weighted by Crippen LogP contribution is -2.08. The summed E-state index contributed by atoms with van der Waals surface area (Å²) in [5, 5.41) is 4.38. The molecule has 5 heteroatoms. The third-order valence-corrected chi connectivity index (χ3v) is 3.70. The molecule has 0 aliphatic heterocycles. The van der Waals surface area contributed by atoms with E-state index in [-0.39, 0.29) is 0 Å². The van der Waals surface area contributed by atoms with Crippen LogP contribution in [0.15, 0.2) is 6.20 Å². The fourth-order valence-corrected chi connectivity index (χ4v) is 2.67. The maximum atomic E-state index is 6.34. The van der Waals surface area contributed by atoms with Crippen LogP contribution in [0.4, 0.5) is 5.82 Å². The van der Waals surface area contributed by atoms with Gasteiger partial charge in [-0.3, -0.25) is 4.68 Å². The lowest BCUT2D eigenvalue weighted by molar-refractivity contribution is 0.576. The summed E-state index contributed by atoms with van der Waals surface area (Å²) in [6.07, 6.45) is 4.46. The average molecular weight is 259 g/mol. The number of hydrogen-bond acceptors (Lipinski definition) is 3. The molecule has 1 saturated carbocycles. The van der Waals surface area contributed by atoms with Gasteiger partial charge in [0.2, 0.25) is 0 Å². The number of aromatic nitrogens is 4. The van der Waals surface area contributed by atoms with Crippen molar-refractivity contribution >= 4 is 5.82 Å². The van der Waals surface area contributed by atoms with Gasteiger partial charge in [-0.2, -0.15) is 5.10 Å². The van der Waals surface area contributed by atoms with Gasteiger partial charge >= 0.3 is 0 Å². The highest BCUT2D eigenvalue weighted by atomic mass is 15.3. The highest BCUT2D eigenvalue weighted by Crippen LogP contribution is 2.43. The fraction of sp³-hybridized carbons (Fsp3) is 0.571. The minimum absolute atomic E-state index is 0.342. The van der Waals surface area contributed by atoms with Crippen molar-refractivity contribution in [1.82, 2.24) is 19.3 Å². The molecule has 1 fully saturated rings. The number of nitrogens with zero attached hydrogens (tertiary/aromatic N) is 4. The Morgan fingerprint density at radius 1 is 1.37 bits per heavy atom. The van der Waals surface area contributed by atoms with Crippen molar-refractivity contribution in [3.8, 4) is 11.3 Å². The molecule has 1 aliphatic rings. The van der Waals surface area contributed by atoms with E-state index in [0.29, 0.717) is 12.0 Å². The third kappa shape index (κ3) is 1.93. The van der Waals surface area contributed by atoms with E-state index < -0.39 is 0 Å². The lowest BCUT2D eigenvalue weighted by atomic mass is 10.2. The minimum atomic E-state index is 0.342. The molecule has 0 atom stereocenters. The second kappa shape index (κ2) is 4.11. The SMILES string of the molecule is Cc1nn(C)cc1-c1nc(C2CC2)n(C(C)C)c1N. The smallest absolute Gasteiger partial charge is 0.132 e. The van der Waals surface area contributed by atoms with Gasteiger partial charge in [0.1, 0.15) is 17.3 Å². The molecule has 2 aromatic heterocycles. The van der Waals surface area contributed by atoms with Gasteiger partial charge in [-0.05, 0) is 33.6 Å². The summed E-state index contributed by atoms with van der Waals surface area (Å²) in [6, 6.07) is 0.342. The zero-order chi connectivity index (χ0) is 13.7. The first-order valence-corrected chi connectivity index (χ1v) is 6.87. The molecule has 19 heavy (non-hydrogen) atoms. The fourth-order valence-electron chi connectivity index (χ4n) is 2.67. The van der Waals surface area contributed by atoms with E-state index in [1.54, 1.807) is 0 Å². The Hall–Kier alpha value is -1.78. The van der Waals surface area contributed by atoms with Gasteiger partial charge in [0, 0.05) is 30.8 Å². The molecule has 0 radical (unpaired) electrons. The van der Waals surface area contributed by atoms with E-state index in [9.17, 15) is 0 Å². The summed E-state index contributed by atoms with van der Waals surface area (Å²) in [6.45, 7) is 6.31. The van der Waals surface area contributed by atoms with Crippen LogP contribution in [-0.2, 0) is 7.05 Å². The number of hydrogen-bond donors (Lipinski definition) is 1. The van der Waals surface area contributed by atoms with Crippen LogP contribution in [-0.4, -0.2) is 19.3 Å². The predicted octanol–water partition coefficient (Wildman–Crippen LogP) is 2.63. The largest absolute Gasteiger partial charge is 0.383 e. The Morgan fingerprint density at radius 3 is 2.53 bits per heavy atom. The predicted molar refractivity (Wildman–Crippen MR) is 75.9 cm³/mol. The minimum Gasteiger partial charge on any atom is -0.383 e. The molecular weight excluding hydrogens is 238 g/mol. The van der Waals surface area contributed by atoms with Crippen molar-refractivity contribution in [2.75, 3.05) is 5.73 Å². The molecular formula is C14H21N5. The number of nitrogens with two attached hydrogens (primary N) is 1. The summed E-state index contributed by atoms with van der Waals surface area (Å²) >= 11 is 0. The molecule has 0 amide bonds. The first-order valence-electron chi connectivity index (χ1n) is 6.87. The quantitative estimate of drug-likeness (QED) is 0.921. The number of anilines is 1. The van der Waals surface area contributed by atoms with Gasteiger partial charge in [-0.1, -0.05) is 0 Å². The van der Waals surface area contributed by atoms with Crippen LogP contribution in [0.25, 0.3) is 11.3 Å². The second-order valence-corrected chi connectivity index (χ2v) is 5.74. The Labute approximate surface area is 113 Å². The van der Waals surface area contributed by atoms with Gasteiger partial charge in [-0.15, -0.1) is 0 Å². The highest BCUT2D eigenvalue weighted by molar-refractivity contribution is 5.72. The molecule has 102 valence electrons. The zero-order valence-electron chi connectivity index (χ0n) is 12.0. The maximum absolute atomic E-state index is 6.34. The summed E-state index contributed by atoms with van der Waals surface area (Å²) in [5.41, 5.74) is 9.25. The van der Waals surface area contributed by atoms with Crippen molar-refractivity contribution in [3.63, 3.8) is 0 Å². The molecule has 0 saturated heterocycles. The van der Waals surface area contributed by atoms with Gasteiger partial charge in [0.05, 0.1) is 5.69 Å². The molecule has 0 aromatic carbocycles. The van der Waals surface area contributed by atoms with Crippen molar-refractivity contribution in [1.29, 1.82) is 0 Å². The zero-order valence-corrected chi connectivity index (χ0v) is 12.0. The Balaban J connectivity index is 2.17. The molecule has 1 aliphatic carbocycles. The summed E-state index contributed by atoms with van der Waals surface area (Å²) in [5.74, 6) is 2.51. The van der Waals surface area contributed by atoms with Crippen LogP contribution in [0.2, 0.25) is 0 Å². The molecule has 0 bridgehead atoms. The van der Waals surface area contributed by atoms with E-state index in [2.05, 4.69) is 23.5 Å². The average Bonchev–Trinajstić information content (AvgIpc) is 3.03. The first-order chi connectivity index (χ1) is 8.99. The number of rotatable bonds is 3. The van der Waals surface area contributed by atoms with Crippen LogP contribution in [0.3, 0.4) is 0 Å². The second-order valence-electron chi connectivity index (χ2n) is 5.74. The van der Waals surface area contributed by atoms with Crippen molar-refractivity contribution in [3.05, 3.63) is 17.7 Å². The van der Waals surface area contributed by atoms with Crippen molar-refractivity contribution in [2.24, 2.45) is 7.05 Å². The van der Waals surface area contributed by atoms with Crippen molar-refractivity contribution < 1.29 is 0 Å². The summed E-state index contributed by atoms with van der Waals surface area (Å²) < 4.78 is 3.99. The molecule has 2 heterocycles. The van der Waals surface area contributed by atoms with E-state index in [1.807, 2.05) is 24.9 Å². The van der Waals surface area contributed by atoms with Crippen molar-refractivity contribution in [2.45, 2.75) is 45.6 Å². The van der Waals surface area contributed by atoms with Crippen LogP contribution >= 0.6 is 0 Å². The number of nitrogen functional groups attached to an aromatic ring is 1. The van der Waals surface area contributed by atoms with E-state index in [0.717, 1.165) is 28.6 Å². The maximum Gasteiger partial charge on any atom is 0.132 e. The van der Waals surface area contributed by atoms with Crippen LogP contribution < -0.4 is 5.73 Å². The Bertz CT molecular complexity index is 616. The van der Waals surface area contributed by atoms with Crippen LogP contribution in [0.1, 0.15) is 50.2 Å². The van der Waals surface area contributed by atoms with Crippen LogP contribution in [0.5, 0.6) is 0 Å². The number of imidazole rings is 1. The normalized spacial score (nSPS) is 15.4. The third-order valence-electron chi connectivity index (χ3n) is 3.70. The van der Waals surface area contributed by atoms with E-state index in [1.165, 1.54) is 12.8 Å². The van der Waals surface area contributed by atoms with Gasteiger partial charge in [0.25, 0.3) is 0 Å². The topological polar surface area (TPSA) is 61.7 Å². The standard InChI is InChI=1S/C14H21N5/c1-8(2)19-13(15)12(16-14(19)10-5-6-10)11-7-18(4)17-9(11)3/h7-8,10H,5-6,15H2,1-4H3. The monoisotopic (exact) mass is 259 g/mol. The van der Waals surface area contributed by atoms with E-state index in [4.69, 9.17) is 10.7 Å². The van der Waals surface area contributed by atoms with E-state index >= 15 is 0 Å². The molecule has 0 unspecified atom stereocenters. The molecule has 5 nitrogen and oxygen atoms in total. The Kier molecular flexibility index (Phi) is 2.66. The summed E-state index contributed by atoms with van der Waals surface area (Å²) in [4.78, 5) is 4.82. The van der Waals surface area contributed by atoms with Crippen LogP contribution in [0, 0.1) is 6.92 Å². The summed E-state index contributed by atoms with van der Waals surface area (Å²) in [7, 11) is 1.92. The number of aryl methyl sites for hydroxylation is 2. The molecule has 3 rings (SSSR count). The lowest BCUT2D eigenvalue weighted by Gasteiger charge is -2.13.